The van der Waals surface area contributed by atoms with E-state index in [9.17, 15) is 0 Å². The number of hydrogen-bond donors (Lipinski definition) is 1. The first kappa shape index (κ1) is 68.3. The summed E-state index contributed by atoms with van der Waals surface area (Å²) in [7, 11) is 6.44. The maximum Gasteiger partial charge on any atom is 0.0594 e. The van der Waals surface area contributed by atoms with Crippen molar-refractivity contribution in [1.82, 2.24) is 29.4 Å². The average molecular weight is 887 g/mol. The van der Waals surface area contributed by atoms with Gasteiger partial charge in [-0.25, -0.2) is 0 Å². The van der Waals surface area contributed by atoms with Crippen LogP contribution in [0.25, 0.3) is 0 Å². The number of ether oxygens (including phenoxy) is 1. The molecule has 380 valence electrons. The van der Waals surface area contributed by atoms with Crippen molar-refractivity contribution in [3.8, 4) is 0 Å². The fraction of sp³-hybridized carbons (Fsp3) is 1.00. The van der Waals surface area contributed by atoms with Crippen LogP contribution in [0.1, 0.15) is 216 Å². The van der Waals surface area contributed by atoms with E-state index in [0.29, 0.717) is 35.2 Å². The molecule has 0 aromatic carbocycles. The highest BCUT2D eigenvalue weighted by Crippen LogP contribution is 2.39. The van der Waals surface area contributed by atoms with Gasteiger partial charge in [0, 0.05) is 60.4 Å². The summed E-state index contributed by atoms with van der Waals surface area (Å²) in [5.74, 6) is 0.903. The van der Waals surface area contributed by atoms with Gasteiger partial charge in [0.05, 0.1) is 13.2 Å². The van der Waals surface area contributed by atoms with Gasteiger partial charge in [0.1, 0.15) is 0 Å². The predicted octanol–water partition coefficient (Wildman–Crippen LogP) is 12.6. The molecule has 2 N–H and O–H groups in total. The number of nitrogens with zero attached hydrogens (tertiary/aromatic N) is 6. The molecule has 0 bridgehead atoms. The molecule has 3 aliphatic rings. The van der Waals surface area contributed by atoms with Crippen LogP contribution in [0.3, 0.4) is 0 Å². The SMILES string of the molecule is CC(C)N(C)C.CC(C)N1CCCC1.CC(C)N1CCOCC1.CCCCC(C)C.CCCCN.CCCCN(C(C)C)C1CC(C)(C)N(C)C(C)(C)C1.CCN(CC)C(C)C. The fourth-order valence-corrected chi connectivity index (χ4v) is 7.88. The van der Waals surface area contributed by atoms with Crippen LogP contribution in [-0.4, -0.2) is 163 Å². The van der Waals surface area contributed by atoms with Gasteiger partial charge in [0.2, 0.25) is 0 Å². The van der Waals surface area contributed by atoms with Gasteiger partial charge in [-0.05, 0) is 202 Å². The molecule has 8 heteroatoms. The van der Waals surface area contributed by atoms with E-state index in [-0.39, 0.29) is 0 Å². The average Bonchev–Trinajstić information content (AvgIpc) is 3.75. The number of likely N-dealkylation sites (tertiary alicyclic amines) is 2. The van der Waals surface area contributed by atoms with Crippen LogP contribution >= 0.6 is 0 Å². The van der Waals surface area contributed by atoms with Crippen LogP contribution in [0.2, 0.25) is 0 Å². The number of morpholine rings is 1. The lowest BCUT2D eigenvalue weighted by Crippen LogP contribution is -2.63. The van der Waals surface area contributed by atoms with Gasteiger partial charge in [0.25, 0.3) is 0 Å². The van der Waals surface area contributed by atoms with Gasteiger partial charge in [0.15, 0.2) is 0 Å². The Balaban J connectivity index is -0.000000336. The topological polar surface area (TPSA) is 54.7 Å². The molecule has 62 heavy (non-hydrogen) atoms. The second-order valence-corrected chi connectivity index (χ2v) is 21.6. The van der Waals surface area contributed by atoms with Gasteiger partial charge >= 0.3 is 0 Å². The molecule has 0 aromatic rings. The summed E-state index contributed by atoms with van der Waals surface area (Å²) in [4.78, 5) is 14.9. The molecule has 0 amide bonds. The summed E-state index contributed by atoms with van der Waals surface area (Å²) in [6.45, 7) is 58.9. The van der Waals surface area contributed by atoms with E-state index in [4.69, 9.17) is 10.5 Å². The maximum absolute atomic E-state index is 5.21. The van der Waals surface area contributed by atoms with Gasteiger partial charge in [-0.15, -0.1) is 0 Å². The van der Waals surface area contributed by atoms with Crippen molar-refractivity contribution in [2.75, 3.05) is 86.7 Å². The molecule has 3 heterocycles. The minimum Gasteiger partial charge on any atom is -0.379 e. The standard InChI is InChI=1S/C17H36N2.C7H15NO.C7H15N.C7H17N.C7H16.C5H13N.C4H11N/c1-9-10-11-19(14(2)3)15-12-16(4,5)18(8)17(6,7)13-15;1-7(2)8-3-5-9-6-4-8;1-7(2)8-5-3-4-6-8;1-5-8(6-2)7(3)4;1-4-5-6-7(2)3;1-5(2)6(3)4;1-2-3-4-5/h14-15H,9-13H2,1-8H3;7H,3-6H2,1-2H3;7H,3-6H2,1-2H3;7H,5-6H2,1-4H3;7H,4-6H2,1-3H3;5H,1-4H3;2-5H2,1H3. The molecule has 3 rings (SSSR count). The monoisotopic (exact) mass is 886 g/mol. The van der Waals surface area contributed by atoms with E-state index in [2.05, 4.69) is 196 Å². The Morgan fingerprint density at radius 2 is 1.00 bits per heavy atom. The summed E-state index contributed by atoms with van der Waals surface area (Å²) in [6.07, 6.45) is 14.6. The first-order chi connectivity index (χ1) is 28.8. The van der Waals surface area contributed by atoms with Crippen molar-refractivity contribution in [2.24, 2.45) is 11.7 Å². The third kappa shape index (κ3) is 36.8. The zero-order valence-corrected chi connectivity index (χ0v) is 47.6. The third-order valence-corrected chi connectivity index (χ3v) is 13.1. The number of hydrogen-bond acceptors (Lipinski definition) is 8. The second kappa shape index (κ2) is 40.9. The quantitative estimate of drug-likeness (QED) is 0.165. The van der Waals surface area contributed by atoms with E-state index in [1.54, 1.807) is 0 Å². The number of unbranched alkanes of at least 4 members (excludes halogenated alkanes) is 3. The Morgan fingerprint density at radius 3 is 1.21 bits per heavy atom. The summed E-state index contributed by atoms with van der Waals surface area (Å²) in [6, 6.07) is 4.25. The van der Waals surface area contributed by atoms with Crippen molar-refractivity contribution in [3.05, 3.63) is 0 Å². The normalized spacial score (nSPS) is 18.1. The molecule has 8 nitrogen and oxygen atoms in total. The summed E-state index contributed by atoms with van der Waals surface area (Å²) < 4.78 is 5.21. The third-order valence-electron chi connectivity index (χ3n) is 13.1. The number of nitrogens with two attached hydrogens (primary N) is 1. The van der Waals surface area contributed by atoms with Crippen LogP contribution in [0.15, 0.2) is 0 Å². The van der Waals surface area contributed by atoms with Gasteiger partial charge in [-0.3, -0.25) is 14.7 Å². The van der Waals surface area contributed by atoms with E-state index in [1.165, 1.54) is 103 Å². The first-order valence-corrected chi connectivity index (χ1v) is 26.4. The number of piperidine rings is 1. The summed E-state index contributed by atoms with van der Waals surface area (Å²) in [5, 5.41) is 0. The minimum atomic E-state index is 0.297. The highest BCUT2D eigenvalue weighted by Gasteiger charge is 2.44. The lowest BCUT2D eigenvalue weighted by Gasteiger charge is -2.56. The van der Waals surface area contributed by atoms with E-state index in [1.807, 2.05) is 0 Å². The minimum absolute atomic E-state index is 0.297. The lowest BCUT2D eigenvalue weighted by atomic mass is 9.76. The molecule has 0 atom stereocenters. The molecular weight excluding hydrogens is 763 g/mol. The molecule has 0 aromatic heterocycles. The van der Waals surface area contributed by atoms with Crippen molar-refractivity contribution in [1.29, 1.82) is 0 Å². The Hall–Kier alpha value is -0.320. The van der Waals surface area contributed by atoms with Gasteiger partial charge in [-0.1, -0.05) is 80.6 Å². The van der Waals surface area contributed by atoms with E-state index < -0.39 is 0 Å². The molecule has 0 saturated carbocycles. The zero-order chi connectivity index (χ0) is 49.1. The second-order valence-electron chi connectivity index (χ2n) is 21.6. The molecule has 0 spiro atoms. The highest BCUT2D eigenvalue weighted by atomic mass is 16.5. The molecule has 0 aliphatic carbocycles. The van der Waals surface area contributed by atoms with Crippen LogP contribution in [0, 0.1) is 5.92 Å². The van der Waals surface area contributed by atoms with Crippen molar-refractivity contribution < 1.29 is 4.74 Å². The lowest BCUT2D eigenvalue weighted by molar-refractivity contribution is -0.0540. The Bertz CT molecular complexity index is 872. The Kier molecular flexibility index (Phi) is 45.0. The molecular formula is C54H123N7O. The van der Waals surface area contributed by atoms with Gasteiger partial charge in [-0.2, -0.15) is 0 Å². The van der Waals surface area contributed by atoms with E-state index >= 15 is 0 Å². The first-order valence-electron chi connectivity index (χ1n) is 26.4. The Labute approximate surface area is 394 Å². The predicted molar refractivity (Wildman–Crippen MR) is 284 cm³/mol. The maximum atomic E-state index is 5.21. The molecule has 3 fully saturated rings. The largest absolute Gasteiger partial charge is 0.379 e. The molecule has 0 radical (unpaired) electrons. The molecule has 0 unspecified atom stereocenters. The molecule has 3 aliphatic heterocycles. The van der Waals surface area contributed by atoms with Crippen molar-refractivity contribution >= 4 is 0 Å². The summed E-state index contributed by atoms with van der Waals surface area (Å²) in [5.41, 5.74) is 5.73. The fourth-order valence-electron chi connectivity index (χ4n) is 7.88. The highest BCUT2D eigenvalue weighted by molar-refractivity contribution is 5.01. The van der Waals surface area contributed by atoms with Crippen molar-refractivity contribution in [2.45, 2.75) is 263 Å². The zero-order valence-electron chi connectivity index (χ0n) is 47.6. The van der Waals surface area contributed by atoms with Crippen LogP contribution in [0.5, 0.6) is 0 Å². The number of rotatable bonds is 16. The summed E-state index contributed by atoms with van der Waals surface area (Å²) >= 11 is 0. The molecule has 3 saturated heterocycles. The van der Waals surface area contributed by atoms with Crippen molar-refractivity contribution in [3.63, 3.8) is 0 Å². The van der Waals surface area contributed by atoms with Gasteiger partial charge < -0.3 is 25.2 Å². The van der Waals surface area contributed by atoms with Crippen LogP contribution < -0.4 is 5.73 Å². The van der Waals surface area contributed by atoms with Crippen LogP contribution in [0.4, 0.5) is 0 Å². The Morgan fingerprint density at radius 1 is 0.597 bits per heavy atom. The smallest absolute Gasteiger partial charge is 0.0594 e. The van der Waals surface area contributed by atoms with E-state index in [0.717, 1.165) is 50.8 Å². The van der Waals surface area contributed by atoms with Crippen LogP contribution in [-0.2, 0) is 4.74 Å².